The van der Waals surface area contributed by atoms with E-state index in [-0.39, 0.29) is 75.5 Å². The molecule has 9 heteroatoms. The first-order valence-electron chi connectivity index (χ1n) is 0.617. The molecule has 0 aromatic rings. The maximum absolute atomic E-state index is 8.58. The Labute approximate surface area is 104 Å². The molecule has 0 saturated carbocycles. The predicted molar refractivity (Wildman–Crippen MR) is 8.62 cm³/mol. The fraction of sp³-hybridized carbons (Fsp3) is 0. The van der Waals surface area contributed by atoms with Gasteiger partial charge in [0.05, 0.1) is 0 Å². The molecule has 55 valence electrons. The van der Waals surface area contributed by atoms with Gasteiger partial charge in [0, 0.05) is 0 Å². The van der Waals surface area contributed by atoms with Crippen LogP contribution in [0, 0.1) is 0 Å². The average molecular weight is 293 g/mol. The van der Waals surface area contributed by atoms with Crippen molar-refractivity contribution in [3.8, 4) is 0 Å². The molecular formula is HClFeMnNaNiO4+3. The van der Waals surface area contributed by atoms with E-state index in [1.807, 2.05) is 0 Å². The molecule has 0 rings (SSSR count). The van der Waals surface area contributed by atoms with Crippen molar-refractivity contribution < 1.29 is 92.5 Å². The molecule has 0 spiro atoms. The summed E-state index contributed by atoms with van der Waals surface area (Å²) in [6, 6.07) is 0. The van der Waals surface area contributed by atoms with E-state index in [0.717, 1.165) is 0 Å². The van der Waals surface area contributed by atoms with Crippen LogP contribution in [0.15, 0.2) is 0 Å². The van der Waals surface area contributed by atoms with Gasteiger partial charge < -0.3 is 0 Å². The van der Waals surface area contributed by atoms with Gasteiger partial charge in [0.25, 0.3) is 0 Å². The molecule has 0 bridgehead atoms. The van der Waals surface area contributed by atoms with Gasteiger partial charge in [-0.1, -0.05) is 0 Å². The van der Waals surface area contributed by atoms with E-state index in [1.165, 1.54) is 0 Å². The molecule has 0 aromatic heterocycles. The van der Waals surface area contributed by atoms with Crippen LogP contribution in [0.4, 0.5) is 0 Å². The summed E-state index contributed by atoms with van der Waals surface area (Å²) in [7, 11) is 0. The molecule has 9 heavy (non-hydrogen) atoms. The molecule has 0 aliphatic carbocycles. The topological polar surface area (TPSA) is 80.3 Å². The zero-order valence-electron chi connectivity index (χ0n) is 4.09. The molecule has 0 saturated heterocycles. The minimum absolute atomic E-state index is 0. The van der Waals surface area contributed by atoms with Crippen molar-refractivity contribution in [2.75, 3.05) is 0 Å². The second-order valence-electron chi connectivity index (χ2n) is 0.378. The summed E-state index contributed by atoms with van der Waals surface area (Å²) in [4.78, 5) is 0. The van der Waals surface area contributed by atoms with Gasteiger partial charge in [0.15, 0.2) is 0 Å². The Morgan fingerprint density at radius 2 is 1.11 bits per heavy atom. The van der Waals surface area contributed by atoms with E-state index >= 15 is 0 Å². The molecule has 0 aromatic carbocycles. The third kappa shape index (κ3) is 131. The van der Waals surface area contributed by atoms with Crippen molar-refractivity contribution in [1.82, 2.24) is 0 Å². The minimum atomic E-state index is -5.62. The molecule has 0 unspecified atom stereocenters. The summed E-state index contributed by atoms with van der Waals surface area (Å²) in [5, 5.41) is 0. The van der Waals surface area contributed by atoms with E-state index in [9.17, 15) is 0 Å². The summed E-state index contributed by atoms with van der Waals surface area (Å²) in [6.45, 7) is 0. The normalized spacial score (nSPS) is 6.44. The first kappa shape index (κ1) is 30.2. The third-order valence-electron chi connectivity index (χ3n) is 0. The molecule has 0 radical (unpaired) electrons. The summed E-state index contributed by atoms with van der Waals surface area (Å²) >= 11 is -5.62. The predicted octanol–water partition coefficient (Wildman–Crippen LogP) is -5.20. The van der Waals surface area contributed by atoms with Gasteiger partial charge in [-0.2, -0.15) is 0 Å². The SMILES string of the molecule is Cl.[Fe+2].[Na+].[Ni+2].[O]=[Mn](=[O])([O-])[O-]. The van der Waals surface area contributed by atoms with Crippen LogP contribution in [-0.2, 0) is 54.6 Å². The number of hydrogen-bond donors (Lipinski definition) is 0. The molecule has 0 fully saturated rings. The standard InChI is InChI=1S/ClH.Fe.Mn.Na.Ni.4O/h1H;;;;;;;;/q;+2;;+1;+2;;;2*-1. The summed E-state index contributed by atoms with van der Waals surface area (Å²) in [5.41, 5.74) is 0. The van der Waals surface area contributed by atoms with E-state index in [1.54, 1.807) is 0 Å². The Balaban J connectivity index is -0.0000000133. The van der Waals surface area contributed by atoms with E-state index in [4.69, 9.17) is 16.0 Å². The maximum atomic E-state index is 8.58. The van der Waals surface area contributed by atoms with Crippen molar-refractivity contribution in [2.24, 2.45) is 0 Å². The molecule has 4 nitrogen and oxygen atoms in total. The van der Waals surface area contributed by atoms with Crippen LogP contribution in [0.5, 0.6) is 0 Å². The summed E-state index contributed by atoms with van der Waals surface area (Å²) in [5.74, 6) is 0. The van der Waals surface area contributed by atoms with Crippen molar-refractivity contribution in [3.05, 3.63) is 0 Å². The quantitative estimate of drug-likeness (QED) is 0.418. The Morgan fingerprint density at radius 1 is 1.11 bits per heavy atom. The van der Waals surface area contributed by atoms with Gasteiger partial charge in [0.1, 0.15) is 0 Å². The van der Waals surface area contributed by atoms with Crippen molar-refractivity contribution in [1.29, 1.82) is 0 Å². The zero-order chi connectivity index (χ0) is 4.50. The fourth-order valence-electron chi connectivity index (χ4n) is 0. The van der Waals surface area contributed by atoms with E-state index in [2.05, 4.69) is 0 Å². The Hall–Kier alpha value is 2.34. The number of halogens is 1. The molecule has 0 amide bonds. The van der Waals surface area contributed by atoms with Crippen LogP contribution >= 0.6 is 12.4 Å². The van der Waals surface area contributed by atoms with Crippen LogP contribution in [0.25, 0.3) is 0 Å². The summed E-state index contributed by atoms with van der Waals surface area (Å²) in [6.07, 6.45) is 0. The van der Waals surface area contributed by atoms with Crippen LogP contribution in [0.3, 0.4) is 0 Å². The van der Waals surface area contributed by atoms with Crippen LogP contribution < -0.4 is 37.9 Å². The first-order chi connectivity index (χ1) is 2.00. The van der Waals surface area contributed by atoms with E-state index in [0.29, 0.717) is 0 Å². The second kappa shape index (κ2) is 13.0. The van der Waals surface area contributed by atoms with Crippen molar-refractivity contribution in [2.45, 2.75) is 0 Å². The molecular weight excluding hydrogens is 292 g/mol. The van der Waals surface area contributed by atoms with Gasteiger partial charge in [-0.05, 0) is 0 Å². The summed E-state index contributed by atoms with van der Waals surface area (Å²) < 4.78 is 34.3. The van der Waals surface area contributed by atoms with Crippen molar-refractivity contribution in [3.63, 3.8) is 0 Å². The number of rotatable bonds is 0. The van der Waals surface area contributed by atoms with Crippen LogP contribution in [-0.4, -0.2) is 0 Å². The van der Waals surface area contributed by atoms with Gasteiger partial charge in [-0.15, -0.1) is 12.4 Å². The van der Waals surface area contributed by atoms with Crippen LogP contribution in [0.1, 0.15) is 0 Å². The Kier molecular flexibility index (Phi) is 43.5. The Morgan fingerprint density at radius 3 is 1.11 bits per heavy atom. The van der Waals surface area contributed by atoms with Crippen molar-refractivity contribution >= 4 is 12.4 Å². The van der Waals surface area contributed by atoms with Crippen LogP contribution in [0.2, 0.25) is 0 Å². The monoisotopic (exact) mass is 292 g/mol. The van der Waals surface area contributed by atoms with Gasteiger partial charge in [-0.3, -0.25) is 0 Å². The number of hydrogen-bond acceptors (Lipinski definition) is 4. The molecule has 0 aliphatic rings. The second-order valence-corrected chi connectivity index (χ2v) is 1.56. The Bertz CT molecular complexity index is 104. The third-order valence-corrected chi connectivity index (χ3v) is 0. The first-order valence-corrected chi connectivity index (χ1v) is 2.54. The zero-order valence-corrected chi connectivity index (χ0v) is 10.2. The molecule has 0 aliphatic heterocycles. The average Bonchev–Trinajstić information content (AvgIpc) is 0.722. The molecule has 0 heterocycles. The molecule has 0 N–H and O–H groups in total. The van der Waals surface area contributed by atoms with Gasteiger partial charge in [0.2, 0.25) is 0 Å². The van der Waals surface area contributed by atoms with Gasteiger partial charge >= 0.3 is 92.5 Å². The van der Waals surface area contributed by atoms with E-state index < -0.39 is 13.4 Å². The fourth-order valence-corrected chi connectivity index (χ4v) is 0. The van der Waals surface area contributed by atoms with Gasteiger partial charge in [-0.25, -0.2) is 0 Å². The molecule has 0 atom stereocenters.